The second kappa shape index (κ2) is 7.08. The normalized spacial score (nSPS) is 42.8. The summed E-state index contributed by atoms with van der Waals surface area (Å²) >= 11 is 0. The quantitative estimate of drug-likeness (QED) is 0.575. The van der Waals surface area contributed by atoms with Crippen LogP contribution in [0.15, 0.2) is 0 Å². The van der Waals surface area contributed by atoms with Crippen molar-refractivity contribution in [2.75, 3.05) is 7.11 Å². The van der Waals surface area contributed by atoms with E-state index in [2.05, 4.69) is 6.92 Å². The molecule has 0 saturated heterocycles. The molecular weight excluding hydrogens is 320 g/mol. The number of methoxy groups -OCH3 is 1. The van der Waals surface area contributed by atoms with Crippen LogP contribution in [0.2, 0.25) is 0 Å². The van der Waals surface area contributed by atoms with Crippen molar-refractivity contribution >= 4 is 18.2 Å². The van der Waals surface area contributed by atoms with Gasteiger partial charge in [-0.05, 0) is 62.2 Å². The first-order chi connectivity index (χ1) is 11.9. The standard InChI is InChI=1S/C20H30O5/c1-12(22)25-18-7-6-17-15-5-4-13(10-19(23)24-3)16(11-21)14(15)8-9-20(17,18)2/h11,13-18H,4-10H2,1-3H3/t13-,14?,15?,16-,17?,18-,20-/m0/s1. The highest BCUT2D eigenvalue weighted by Gasteiger charge is 2.57. The smallest absolute Gasteiger partial charge is 0.305 e. The van der Waals surface area contributed by atoms with Gasteiger partial charge in [0.15, 0.2) is 0 Å². The molecule has 3 rings (SSSR count). The lowest BCUT2D eigenvalue weighted by Crippen LogP contribution is -2.49. The van der Waals surface area contributed by atoms with Gasteiger partial charge in [-0.15, -0.1) is 0 Å². The Morgan fingerprint density at radius 1 is 1.12 bits per heavy atom. The number of esters is 2. The topological polar surface area (TPSA) is 69.7 Å². The van der Waals surface area contributed by atoms with E-state index in [1.165, 1.54) is 14.0 Å². The molecule has 3 unspecified atom stereocenters. The Kier molecular flexibility index (Phi) is 5.21. The lowest BCUT2D eigenvalue weighted by atomic mass is 9.52. The van der Waals surface area contributed by atoms with Crippen molar-refractivity contribution in [3.63, 3.8) is 0 Å². The summed E-state index contributed by atoms with van der Waals surface area (Å²) in [5.41, 5.74) is 0.0372. The lowest BCUT2D eigenvalue weighted by Gasteiger charge is -2.53. The minimum Gasteiger partial charge on any atom is -0.469 e. The molecule has 0 bridgehead atoms. The van der Waals surface area contributed by atoms with Crippen LogP contribution in [0.3, 0.4) is 0 Å². The van der Waals surface area contributed by atoms with E-state index in [0.29, 0.717) is 24.2 Å². The molecule has 0 aliphatic heterocycles. The SMILES string of the molecule is COC(=O)C[C@@H]1CCC2C(CC[C@@]3(C)C2CC[C@@H]3OC(C)=O)[C@H]1C=O. The molecule has 0 aromatic heterocycles. The van der Waals surface area contributed by atoms with Gasteiger partial charge in [-0.25, -0.2) is 0 Å². The van der Waals surface area contributed by atoms with Crippen LogP contribution in [0, 0.1) is 35.0 Å². The van der Waals surface area contributed by atoms with Crippen molar-refractivity contribution < 1.29 is 23.9 Å². The summed E-state index contributed by atoms with van der Waals surface area (Å²) in [4.78, 5) is 35.0. The van der Waals surface area contributed by atoms with E-state index in [9.17, 15) is 14.4 Å². The Hall–Kier alpha value is -1.39. The Balaban J connectivity index is 1.76. The molecule has 7 atom stereocenters. The minimum absolute atomic E-state index is 0.0124. The molecule has 0 amide bonds. The molecular formula is C20H30O5. The van der Waals surface area contributed by atoms with Crippen LogP contribution in [-0.2, 0) is 23.9 Å². The number of rotatable bonds is 4. The zero-order chi connectivity index (χ0) is 18.2. The predicted octanol–water partition coefficient (Wildman–Crippen LogP) is 3.15. The fourth-order valence-electron chi connectivity index (χ4n) is 6.25. The number of hydrogen-bond donors (Lipinski definition) is 0. The van der Waals surface area contributed by atoms with E-state index in [-0.39, 0.29) is 35.3 Å². The largest absolute Gasteiger partial charge is 0.469 e. The van der Waals surface area contributed by atoms with Crippen LogP contribution in [0.5, 0.6) is 0 Å². The molecule has 5 nitrogen and oxygen atoms in total. The van der Waals surface area contributed by atoms with E-state index in [0.717, 1.165) is 44.8 Å². The van der Waals surface area contributed by atoms with E-state index in [1.807, 2.05) is 0 Å². The van der Waals surface area contributed by atoms with E-state index >= 15 is 0 Å². The van der Waals surface area contributed by atoms with Crippen molar-refractivity contribution in [2.24, 2.45) is 35.0 Å². The van der Waals surface area contributed by atoms with E-state index < -0.39 is 0 Å². The van der Waals surface area contributed by atoms with Gasteiger partial charge in [0, 0.05) is 24.7 Å². The monoisotopic (exact) mass is 350 g/mol. The molecule has 3 aliphatic carbocycles. The molecule has 0 N–H and O–H groups in total. The fourth-order valence-corrected chi connectivity index (χ4v) is 6.25. The molecule has 5 heteroatoms. The third-order valence-electron chi connectivity index (χ3n) is 7.44. The first-order valence-electron chi connectivity index (χ1n) is 9.60. The predicted molar refractivity (Wildman–Crippen MR) is 91.5 cm³/mol. The van der Waals surface area contributed by atoms with Crippen molar-refractivity contribution in [1.29, 1.82) is 0 Å². The molecule has 0 aromatic rings. The summed E-state index contributed by atoms with van der Waals surface area (Å²) in [6, 6.07) is 0. The second-order valence-corrected chi connectivity index (χ2v) is 8.49. The van der Waals surface area contributed by atoms with Crippen LogP contribution < -0.4 is 0 Å². The van der Waals surface area contributed by atoms with Gasteiger partial charge in [-0.1, -0.05) is 6.92 Å². The maximum absolute atomic E-state index is 11.9. The molecule has 3 aliphatic rings. The van der Waals surface area contributed by atoms with Crippen LogP contribution in [0.1, 0.15) is 58.8 Å². The second-order valence-electron chi connectivity index (χ2n) is 8.49. The van der Waals surface area contributed by atoms with Crippen molar-refractivity contribution in [2.45, 2.75) is 64.9 Å². The third-order valence-corrected chi connectivity index (χ3v) is 7.44. The zero-order valence-corrected chi connectivity index (χ0v) is 15.5. The van der Waals surface area contributed by atoms with Crippen LogP contribution >= 0.6 is 0 Å². The lowest BCUT2D eigenvalue weighted by molar-refractivity contribution is -0.157. The van der Waals surface area contributed by atoms with E-state index in [1.54, 1.807) is 0 Å². The highest BCUT2D eigenvalue weighted by Crippen LogP contribution is 2.61. The summed E-state index contributed by atoms with van der Waals surface area (Å²) in [5, 5.41) is 0. The summed E-state index contributed by atoms with van der Waals surface area (Å²) in [6.07, 6.45) is 7.40. The van der Waals surface area contributed by atoms with Gasteiger partial charge < -0.3 is 14.3 Å². The number of carbonyl (C=O) groups is 3. The number of fused-ring (bicyclic) bond motifs is 3. The molecule has 3 saturated carbocycles. The Labute approximate surface area is 149 Å². The van der Waals surface area contributed by atoms with Crippen molar-refractivity contribution in [3.05, 3.63) is 0 Å². The Bertz CT molecular complexity index is 544. The third kappa shape index (κ3) is 3.22. The number of carbonyl (C=O) groups excluding carboxylic acids is 3. The Morgan fingerprint density at radius 2 is 1.88 bits per heavy atom. The van der Waals surface area contributed by atoms with Gasteiger partial charge in [0.05, 0.1) is 7.11 Å². The summed E-state index contributed by atoms with van der Waals surface area (Å²) < 4.78 is 10.5. The molecule has 3 fully saturated rings. The number of aldehydes is 1. The molecule has 25 heavy (non-hydrogen) atoms. The highest BCUT2D eigenvalue weighted by molar-refractivity contribution is 5.70. The summed E-state index contributed by atoms with van der Waals surface area (Å²) in [6.45, 7) is 3.76. The van der Waals surface area contributed by atoms with Gasteiger partial charge in [0.2, 0.25) is 0 Å². The molecule has 0 radical (unpaired) electrons. The average Bonchev–Trinajstić information content (AvgIpc) is 2.90. The fraction of sp³-hybridized carbons (Fsp3) is 0.850. The maximum Gasteiger partial charge on any atom is 0.305 e. The van der Waals surface area contributed by atoms with Crippen LogP contribution in [-0.4, -0.2) is 31.4 Å². The van der Waals surface area contributed by atoms with Crippen molar-refractivity contribution in [3.8, 4) is 0 Å². The van der Waals surface area contributed by atoms with Gasteiger partial charge in [-0.2, -0.15) is 0 Å². The average molecular weight is 350 g/mol. The maximum atomic E-state index is 11.9. The molecule has 140 valence electrons. The summed E-state index contributed by atoms with van der Waals surface area (Å²) in [5.74, 6) is 1.03. The number of ether oxygens (including phenoxy) is 2. The van der Waals surface area contributed by atoms with Gasteiger partial charge in [0.1, 0.15) is 12.4 Å². The molecule has 0 aromatic carbocycles. The first-order valence-corrected chi connectivity index (χ1v) is 9.60. The number of hydrogen-bond acceptors (Lipinski definition) is 5. The minimum atomic E-state index is -0.216. The van der Waals surface area contributed by atoms with Gasteiger partial charge >= 0.3 is 11.9 Å². The van der Waals surface area contributed by atoms with Crippen molar-refractivity contribution in [1.82, 2.24) is 0 Å². The van der Waals surface area contributed by atoms with Gasteiger partial charge in [-0.3, -0.25) is 9.59 Å². The van der Waals surface area contributed by atoms with E-state index in [4.69, 9.17) is 9.47 Å². The summed E-state index contributed by atoms with van der Waals surface area (Å²) in [7, 11) is 1.41. The van der Waals surface area contributed by atoms with Crippen LogP contribution in [0.4, 0.5) is 0 Å². The van der Waals surface area contributed by atoms with Gasteiger partial charge in [0.25, 0.3) is 0 Å². The highest BCUT2D eigenvalue weighted by atomic mass is 16.5. The molecule has 0 heterocycles. The zero-order valence-electron chi connectivity index (χ0n) is 15.5. The van der Waals surface area contributed by atoms with Crippen LogP contribution in [0.25, 0.3) is 0 Å². The molecule has 0 spiro atoms. The Morgan fingerprint density at radius 3 is 2.52 bits per heavy atom. The first kappa shape index (κ1) is 18.4.